The zero-order valence-corrected chi connectivity index (χ0v) is 15.2. The number of halogens is 1. The summed E-state index contributed by atoms with van der Waals surface area (Å²) in [6.45, 7) is 4.13. The van der Waals surface area contributed by atoms with E-state index in [4.69, 9.17) is 4.74 Å². The second-order valence-corrected chi connectivity index (χ2v) is 6.42. The maximum Gasteiger partial charge on any atom is 0.193 e. The molecule has 6 heteroatoms. The monoisotopic (exact) mass is 349 g/mol. The molecule has 2 rings (SSSR count). The first-order valence-corrected chi connectivity index (χ1v) is 8.86. The quantitative estimate of drug-likeness (QED) is 0.614. The van der Waals surface area contributed by atoms with Crippen LogP contribution in [0.4, 0.5) is 4.39 Å². The highest BCUT2D eigenvalue weighted by Crippen LogP contribution is 2.18. The number of thiophene rings is 1. The molecule has 0 aliphatic rings. The maximum absolute atomic E-state index is 13.8. The van der Waals surface area contributed by atoms with Crippen molar-refractivity contribution in [2.24, 2.45) is 4.99 Å². The van der Waals surface area contributed by atoms with Gasteiger partial charge in [-0.1, -0.05) is 12.1 Å². The van der Waals surface area contributed by atoms with Crippen molar-refractivity contribution >= 4 is 17.3 Å². The number of guanidine groups is 1. The number of methoxy groups -OCH3 is 1. The van der Waals surface area contributed by atoms with E-state index in [0.29, 0.717) is 6.54 Å². The SMILES string of the molecule is CCNC(=NCc1ccc(OC)c(F)c1)N(C)CCc1cccs1. The third-order valence-corrected chi connectivity index (χ3v) is 4.53. The van der Waals surface area contributed by atoms with E-state index in [1.807, 2.05) is 20.0 Å². The van der Waals surface area contributed by atoms with Crippen molar-refractivity contribution < 1.29 is 9.13 Å². The summed E-state index contributed by atoms with van der Waals surface area (Å²) in [6, 6.07) is 9.14. The lowest BCUT2D eigenvalue weighted by molar-refractivity contribution is 0.386. The average molecular weight is 349 g/mol. The molecule has 0 unspecified atom stereocenters. The minimum absolute atomic E-state index is 0.253. The lowest BCUT2D eigenvalue weighted by Gasteiger charge is -2.21. The highest BCUT2D eigenvalue weighted by Gasteiger charge is 2.07. The standard InChI is InChI=1S/C18H24FN3OS/c1-4-20-18(22(2)10-9-15-6-5-11-24-15)21-13-14-7-8-17(23-3)16(19)12-14/h5-8,11-12H,4,9-10,13H2,1-3H3,(H,20,21). The van der Waals surface area contributed by atoms with Crippen molar-refractivity contribution in [3.05, 3.63) is 52.0 Å². The van der Waals surface area contributed by atoms with Gasteiger partial charge < -0.3 is 15.0 Å². The van der Waals surface area contributed by atoms with E-state index in [9.17, 15) is 4.39 Å². The molecule has 0 saturated carbocycles. The molecule has 0 spiro atoms. The van der Waals surface area contributed by atoms with Crippen LogP contribution in [0.3, 0.4) is 0 Å². The largest absolute Gasteiger partial charge is 0.494 e. The minimum Gasteiger partial charge on any atom is -0.494 e. The third-order valence-electron chi connectivity index (χ3n) is 3.60. The first kappa shape index (κ1) is 18.3. The van der Waals surface area contributed by atoms with E-state index in [0.717, 1.165) is 31.0 Å². The van der Waals surface area contributed by atoms with E-state index in [-0.39, 0.29) is 11.6 Å². The molecular formula is C18H24FN3OS. The molecule has 0 amide bonds. The van der Waals surface area contributed by atoms with Gasteiger partial charge in [-0.3, -0.25) is 0 Å². The average Bonchev–Trinajstić information content (AvgIpc) is 3.10. The van der Waals surface area contributed by atoms with Crippen LogP contribution < -0.4 is 10.1 Å². The van der Waals surface area contributed by atoms with Crippen LogP contribution in [0.2, 0.25) is 0 Å². The van der Waals surface area contributed by atoms with Crippen molar-refractivity contribution in [2.75, 3.05) is 27.2 Å². The molecule has 1 heterocycles. The molecule has 0 fully saturated rings. The van der Waals surface area contributed by atoms with Gasteiger partial charge in [-0.05, 0) is 42.5 Å². The molecule has 0 saturated heterocycles. The van der Waals surface area contributed by atoms with Gasteiger partial charge in [0.2, 0.25) is 0 Å². The van der Waals surface area contributed by atoms with Crippen molar-refractivity contribution in [3.63, 3.8) is 0 Å². The summed E-state index contributed by atoms with van der Waals surface area (Å²) < 4.78 is 18.7. The van der Waals surface area contributed by atoms with Crippen LogP contribution in [0, 0.1) is 5.82 Å². The number of benzene rings is 1. The molecule has 0 aliphatic carbocycles. The van der Waals surface area contributed by atoms with Crippen molar-refractivity contribution in [1.29, 1.82) is 0 Å². The maximum atomic E-state index is 13.8. The van der Waals surface area contributed by atoms with Crippen LogP contribution >= 0.6 is 11.3 Å². The first-order chi connectivity index (χ1) is 11.6. The number of ether oxygens (including phenoxy) is 1. The van der Waals surface area contributed by atoms with E-state index in [1.165, 1.54) is 18.1 Å². The highest BCUT2D eigenvalue weighted by atomic mass is 32.1. The van der Waals surface area contributed by atoms with Crippen LogP contribution in [-0.2, 0) is 13.0 Å². The molecule has 2 aromatic rings. The van der Waals surface area contributed by atoms with Gasteiger partial charge >= 0.3 is 0 Å². The molecule has 1 aromatic heterocycles. The summed E-state index contributed by atoms with van der Waals surface area (Å²) in [6.07, 6.45) is 0.982. The molecule has 130 valence electrons. The number of likely N-dealkylation sites (N-methyl/N-ethyl adjacent to an activating group) is 1. The Kier molecular flexibility index (Phi) is 7.06. The number of nitrogens with zero attached hydrogens (tertiary/aromatic N) is 2. The molecular weight excluding hydrogens is 325 g/mol. The van der Waals surface area contributed by atoms with Crippen molar-refractivity contribution in [1.82, 2.24) is 10.2 Å². The number of hydrogen-bond acceptors (Lipinski definition) is 3. The smallest absolute Gasteiger partial charge is 0.193 e. The molecule has 1 N–H and O–H groups in total. The van der Waals surface area contributed by atoms with Gasteiger partial charge in [-0.2, -0.15) is 0 Å². The van der Waals surface area contributed by atoms with Crippen molar-refractivity contribution in [3.8, 4) is 5.75 Å². The Balaban J connectivity index is 1.99. The molecule has 24 heavy (non-hydrogen) atoms. The van der Waals surface area contributed by atoms with Crippen LogP contribution in [0.15, 0.2) is 40.7 Å². The Bertz CT molecular complexity index is 658. The van der Waals surface area contributed by atoms with E-state index >= 15 is 0 Å². The van der Waals surface area contributed by atoms with Gasteiger partial charge in [-0.25, -0.2) is 9.38 Å². The van der Waals surface area contributed by atoms with Gasteiger partial charge in [0.15, 0.2) is 17.5 Å². The van der Waals surface area contributed by atoms with E-state index in [2.05, 4.69) is 32.7 Å². The number of rotatable bonds is 7. The fraction of sp³-hybridized carbons (Fsp3) is 0.389. The van der Waals surface area contributed by atoms with Crippen LogP contribution in [0.25, 0.3) is 0 Å². The summed E-state index contributed by atoms with van der Waals surface area (Å²) in [4.78, 5) is 8.06. The Morgan fingerprint density at radius 1 is 1.38 bits per heavy atom. The normalized spacial score (nSPS) is 11.4. The van der Waals surface area contributed by atoms with Gasteiger partial charge in [0, 0.05) is 25.0 Å². The van der Waals surface area contributed by atoms with Gasteiger partial charge in [0.25, 0.3) is 0 Å². The number of nitrogens with one attached hydrogen (secondary N) is 1. The summed E-state index contributed by atoms with van der Waals surface area (Å²) >= 11 is 1.76. The second kappa shape index (κ2) is 9.27. The molecule has 0 atom stereocenters. The van der Waals surface area contributed by atoms with Crippen molar-refractivity contribution in [2.45, 2.75) is 19.9 Å². The molecule has 1 aromatic carbocycles. The van der Waals surface area contributed by atoms with E-state index < -0.39 is 0 Å². The lowest BCUT2D eigenvalue weighted by atomic mass is 10.2. The summed E-state index contributed by atoms with van der Waals surface area (Å²) in [5.74, 6) is 0.717. The molecule has 0 bridgehead atoms. The van der Waals surface area contributed by atoms with Gasteiger partial charge in [-0.15, -0.1) is 11.3 Å². The lowest BCUT2D eigenvalue weighted by Crippen LogP contribution is -2.39. The Hall–Kier alpha value is -2.08. The van der Waals surface area contributed by atoms with Crippen LogP contribution in [0.5, 0.6) is 5.75 Å². The molecule has 0 radical (unpaired) electrons. The Morgan fingerprint density at radius 2 is 2.21 bits per heavy atom. The summed E-state index contributed by atoms with van der Waals surface area (Å²) in [7, 11) is 3.48. The summed E-state index contributed by atoms with van der Waals surface area (Å²) in [5.41, 5.74) is 0.815. The van der Waals surface area contributed by atoms with E-state index in [1.54, 1.807) is 17.4 Å². The highest BCUT2D eigenvalue weighted by molar-refractivity contribution is 7.09. The predicted molar refractivity (Wildman–Crippen MR) is 98.4 cm³/mol. The van der Waals surface area contributed by atoms with Crippen LogP contribution in [0.1, 0.15) is 17.4 Å². The van der Waals surface area contributed by atoms with Crippen LogP contribution in [-0.4, -0.2) is 38.1 Å². The second-order valence-electron chi connectivity index (χ2n) is 5.39. The minimum atomic E-state index is -0.360. The Morgan fingerprint density at radius 3 is 2.83 bits per heavy atom. The summed E-state index contributed by atoms with van der Waals surface area (Å²) in [5, 5.41) is 5.37. The number of hydrogen-bond donors (Lipinski definition) is 1. The zero-order chi connectivity index (χ0) is 17.4. The van der Waals surface area contributed by atoms with Gasteiger partial charge in [0.1, 0.15) is 0 Å². The first-order valence-electron chi connectivity index (χ1n) is 7.98. The molecule has 4 nitrogen and oxygen atoms in total. The fourth-order valence-corrected chi connectivity index (χ4v) is 2.98. The number of aliphatic imine (C=N–C) groups is 1. The zero-order valence-electron chi connectivity index (χ0n) is 14.4. The molecule has 0 aliphatic heterocycles. The van der Waals surface area contributed by atoms with Gasteiger partial charge in [0.05, 0.1) is 13.7 Å². The third kappa shape index (κ3) is 5.23. The topological polar surface area (TPSA) is 36.9 Å². The predicted octanol–water partition coefficient (Wildman–Crippen LogP) is 3.54. The Labute approximate surface area is 147 Å². The fourth-order valence-electron chi connectivity index (χ4n) is 2.28.